The van der Waals surface area contributed by atoms with E-state index in [-0.39, 0.29) is 23.4 Å². The molecule has 152 valence electrons. The summed E-state index contributed by atoms with van der Waals surface area (Å²) in [6.45, 7) is 6.32. The second-order valence-corrected chi connectivity index (χ2v) is 8.61. The average molecular weight is 404 g/mol. The fraction of sp³-hybridized carbons (Fsp3) is 0.545. The van der Waals surface area contributed by atoms with Crippen LogP contribution in [0.15, 0.2) is 46.4 Å². The predicted octanol–water partition coefficient (Wildman–Crippen LogP) is 3.43. The standard InChI is InChI=1S/C22H30ClN3O2/c1-15(2)21(25-14-16-3-8-20(27)24-13-16)22(28)26-11-9-18(10-12-26)17-4-6-19(23)7-5-17/h3-4,6-8,13,15,17-18,21,25H,5,9-12,14H2,1-2H3,(H,24,27)/t17?,21-/m1/s1. The Hall–Kier alpha value is -1.85. The van der Waals surface area contributed by atoms with E-state index in [4.69, 9.17) is 11.6 Å². The lowest BCUT2D eigenvalue weighted by Crippen LogP contribution is -2.51. The molecule has 1 aliphatic carbocycles. The fourth-order valence-corrected chi connectivity index (χ4v) is 4.26. The lowest BCUT2D eigenvalue weighted by Gasteiger charge is -2.38. The molecule has 1 amide bonds. The molecule has 5 nitrogen and oxygen atoms in total. The second-order valence-electron chi connectivity index (χ2n) is 8.17. The molecule has 2 aliphatic rings. The van der Waals surface area contributed by atoms with Gasteiger partial charge in [0.25, 0.3) is 0 Å². The lowest BCUT2D eigenvalue weighted by atomic mass is 9.80. The van der Waals surface area contributed by atoms with Crippen LogP contribution in [0.25, 0.3) is 0 Å². The zero-order chi connectivity index (χ0) is 20.1. The molecule has 1 aromatic rings. The van der Waals surface area contributed by atoms with E-state index in [9.17, 15) is 9.59 Å². The van der Waals surface area contributed by atoms with Crippen molar-refractivity contribution in [1.29, 1.82) is 0 Å². The first-order valence-electron chi connectivity index (χ1n) is 10.2. The molecule has 1 aromatic heterocycles. The smallest absolute Gasteiger partial charge is 0.247 e. The summed E-state index contributed by atoms with van der Waals surface area (Å²) < 4.78 is 0. The lowest BCUT2D eigenvalue weighted by molar-refractivity contribution is -0.136. The van der Waals surface area contributed by atoms with Gasteiger partial charge in [-0.25, -0.2) is 0 Å². The number of amides is 1. The zero-order valence-corrected chi connectivity index (χ0v) is 17.4. The predicted molar refractivity (Wildman–Crippen MR) is 113 cm³/mol. The molecule has 2 N–H and O–H groups in total. The number of carbonyl (C=O) groups is 1. The number of piperidine rings is 1. The maximum absolute atomic E-state index is 13.1. The van der Waals surface area contributed by atoms with Crippen molar-refractivity contribution in [1.82, 2.24) is 15.2 Å². The van der Waals surface area contributed by atoms with E-state index >= 15 is 0 Å². The highest BCUT2D eigenvalue weighted by atomic mass is 35.5. The number of rotatable bonds is 6. The molecule has 3 rings (SSSR count). The van der Waals surface area contributed by atoms with Crippen molar-refractivity contribution >= 4 is 17.5 Å². The Bertz CT molecular complexity index is 771. The van der Waals surface area contributed by atoms with E-state index in [1.165, 1.54) is 6.07 Å². The molecular weight excluding hydrogens is 374 g/mol. The number of H-pyrrole nitrogens is 1. The van der Waals surface area contributed by atoms with Crippen molar-refractivity contribution in [3.8, 4) is 0 Å². The largest absolute Gasteiger partial charge is 0.341 e. The zero-order valence-electron chi connectivity index (χ0n) is 16.7. The van der Waals surface area contributed by atoms with E-state index in [0.29, 0.717) is 18.4 Å². The van der Waals surface area contributed by atoms with Gasteiger partial charge in [0, 0.05) is 36.9 Å². The molecule has 0 bridgehead atoms. The van der Waals surface area contributed by atoms with E-state index in [2.05, 4.69) is 36.3 Å². The summed E-state index contributed by atoms with van der Waals surface area (Å²) in [5, 5.41) is 4.22. The average Bonchev–Trinajstić information content (AvgIpc) is 2.70. The number of hydrogen-bond acceptors (Lipinski definition) is 3. The Kier molecular flexibility index (Phi) is 7.13. The molecule has 0 aromatic carbocycles. The summed E-state index contributed by atoms with van der Waals surface area (Å²) in [7, 11) is 0. The number of likely N-dealkylation sites (tertiary alicyclic amines) is 1. The van der Waals surface area contributed by atoms with Gasteiger partial charge in [0.1, 0.15) is 0 Å². The quantitative estimate of drug-likeness (QED) is 0.764. The van der Waals surface area contributed by atoms with Crippen LogP contribution in [0, 0.1) is 17.8 Å². The number of nitrogens with one attached hydrogen (secondary N) is 2. The van der Waals surface area contributed by atoms with Gasteiger partial charge in [-0.15, -0.1) is 0 Å². The summed E-state index contributed by atoms with van der Waals surface area (Å²) in [6, 6.07) is 3.08. The number of aromatic amines is 1. The van der Waals surface area contributed by atoms with Gasteiger partial charge in [-0.1, -0.05) is 43.7 Å². The van der Waals surface area contributed by atoms with E-state index in [0.717, 1.165) is 42.9 Å². The van der Waals surface area contributed by atoms with Gasteiger partial charge in [-0.05, 0) is 48.7 Å². The first-order chi connectivity index (χ1) is 13.4. The molecule has 1 fully saturated rings. The number of nitrogens with zero attached hydrogens (tertiary/aromatic N) is 1. The molecule has 2 atom stereocenters. The van der Waals surface area contributed by atoms with Crippen molar-refractivity contribution < 1.29 is 4.79 Å². The summed E-state index contributed by atoms with van der Waals surface area (Å²) in [5.74, 6) is 1.54. The number of allylic oxidation sites excluding steroid dienone is 4. The van der Waals surface area contributed by atoms with Crippen LogP contribution in [0.5, 0.6) is 0 Å². The van der Waals surface area contributed by atoms with E-state index < -0.39 is 0 Å². The van der Waals surface area contributed by atoms with Gasteiger partial charge in [-0.3, -0.25) is 9.59 Å². The Balaban J connectivity index is 1.53. The van der Waals surface area contributed by atoms with Gasteiger partial charge in [0.15, 0.2) is 0 Å². The van der Waals surface area contributed by atoms with Crippen LogP contribution in [0.3, 0.4) is 0 Å². The molecule has 0 spiro atoms. The number of aromatic nitrogens is 1. The molecule has 2 heterocycles. The topological polar surface area (TPSA) is 65.2 Å². The maximum Gasteiger partial charge on any atom is 0.247 e. The van der Waals surface area contributed by atoms with Gasteiger partial charge in [0.2, 0.25) is 11.5 Å². The molecule has 28 heavy (non-hydrogen) atoms. The van der Waals surface area contributed by atoms with Gasteiger partial charge < -0.3 is 15.2 Å². The highest BCUT2D eigenvalue weighted by Gasteiger charge is 2.31. The molecular formula is C22H30ClN3O2. The molecule has 1 unspecified atom stereocenters. The van der Waals surface area contributed by atoms with Crippen LogP contribution < -0.4 is 10.9 Å². The highest BCUT2D eigenvalue weighted by Crippen LogP contribution is 2.32. The van der Waals surface area contributed by atoms with Crippen LogP contribution in [-0.2, 0) is 11.3 Å². The Morgan fingerprint density at radius 1 is 1.32 bits per heavy atom. The number of pyridine rings is 1. The van der Waals surface area contributed by atoms with Crippen molar-refractivity contribution in [2.45, 2.75) is 45.7 Å². The first kappa shape index (κ1) is 20.9. The van der Waals surface area contributed by atoms with Crippen molar-refractivity contribution in [3.05, 3.63) is 57.5 Å². The van der Waals surface area contributed by atoms with E-state index in [1.54, 1.807) is 12.3 Å². The summed E-state index contributed by atoms with van der Waals surface area (Å²) in [6.07, 6.45) is 11.1. The third-order valence-electron chi connectivity index (χ3n) is 5.85. The molecule has 0 radical (unpaired) electrons. The highest BCUT2D eigenvalue weighted by molar-refractivity contribution is 6.31. The molecule has 1 aliphatic heterocycles. The number of halogens is 1. The number of hydrogen-bond donors (Lipinski definition) is 2. The summed E-state index contributed by atoms with van der Waals surface area (Å²) >= 11 is 6.03. The molecule has 0 saturated carbocycles. The van der Waals surface area contributed by atoms with Crippen LogP contribution in [0.1, 0.15) is 38.7 Å². The minimum absolute atomic E-state index is 0.117. The summed E-state index contributed by atoms with van der Waals surface area (Å²) in [4.78, 5) is 29.0. The van der Waals surface area contributed by atoms with Gasteiger partial charge >= 0.3 is 0 Å². The minimum Gasteiger partial charge on any atom is -0.341 e. The third kappa shape index (κ3) is 5.36. The fourth-order valence-electron chi connectivity index (χ4n) is 4.09. The Morgan fingerprint density at radius 2 is 2.07 bits per heavy atom. The van der Waals surface area contributed by atoms with Crippen molar-refractivity contribution in [2.24, 2.45) is 17.8 Å². The van der Waals surface area contributed by atoms with Crippen molar-refractivity contribution in [3.63, 3.8) is 0 Å². The SMILES string of the molecule is CC(C)[C@@H](NCc1ccc(=O)[nH]c1)C(=O)N1CCC(C2C=CC(Cl)=CC2)CC1. The second kappa shape index (κ2) is 9.57. The maximum atomic E-state index is 13.1. The molecule has 1 saturated heterocycles. The normalized spacial score (nSPS) is 21.6. The first-order valence-corrected chi connectivity index (χ1v) is 10.6. The molecule has 6 heteroatoms. The minimum atomic E-state index is -0.222. The van der Waals surface area contributed by atoms with Crippen molar-refractivity contribution in [2.75, 3.05) is 13.1 Å². The summed E-state index contributed by atoms with van der Waals surface area (Å²) in [5.41, 5.74) is 0.848. The van der Waals surface area contributed by atoms with Crippen LogP contribution >= 0.6 is 11.6 Å². The van der Waals surface area contributed by atoms with Crippen LogP contribution in [0.4, 0.5) is 0 Å². The van der Waals surface area contributed by atoms with E-state index in [1.807, 2.05) is 11.0 Å². The van der Waals surface area contributed by atoms with Gasteiger partial charge in [0.05, 0.1) is 6.04 Å². The Morgan fingerprint density at radius 3 is 2.64 bits per heavy atom. The van der Waals surface area contributed by atoms with Crippen LogP contribution in [0.2, 0.25) is 0 Å². The van der Waals surface area contributed by atoms with Crippen LogP contribution in [-0.4, -0.2) is 34.9 Å². The third-order valence-corrected chi connectivity index (χ3v) is 6.13. The Labute approximate surface area is 171 Å². The van der Waals surface area contributed by atoms with Gasteiger partial charge in [-0.2, -0.15) is 0 Å². The monoisotopic (exact) mass is 403 g/mol. The number of carbonyl (C=O) groups excluding carboxylic acids is 1.